The summed E-state index contributed by atoms with van der Waals surface area (Å²) in [4.78, 5) is 28.0. The second-order valence-electron chi connectivity index (χ2n) is 8.05. The zero-order valence-electron chi connectivity index (χ0n) is 18.5. The van der Waals surface area contributed by atoms with Crippen LogP contribution >= 0.6 is 0 Å². The molecule has 1 aliphatic rings. The highest BCUT2D eigenvalue weighted by molar-refractivity contribution is 6.51. The lowest BCUT2D eigenvalue weighted by Gasteiger charge is -2.27. The van der Waals surface area contributed by atoms with Crippen LogP contribution in [-0.4, -0.2) is 23.9 Å². The predicted molar refractivity (Wildman–Crippen MR) is 125 cm³/mol. The fourth-order valence-corrected chi connectivity index (χ4v) is 4.25. The molecule has 1 atom stereocenters. The van der Waals surface area contributed by atoms with Gasteiger partial charge in [-0.15, -0.1) is 0 Å². The highest BCUT2D eigenvalue weighted by atomic mass is 16.5. The summed E-state index contributed by atoms with van der Waals surface area (Å²) >= 11 is 0. The van der Waals surface area contributed by atoms with Gasteiger partial charge < -0.3 is 9.84 Å². The van der Waals surface area contributed by atoms with Crippen molar-refractivity contribution in [2.75, 3.05) is 12.0 Å². The van der Waals surface area contributed by atoms with Crippen LogP contribution in [0.15, 0.2) is 72.3 Å². The maximum atomic E-state index is 13.3. The molecule has 1 saturated heterocycles. The zero-order valence-corrected chi connectivity index (χ0v) is 18.5. The van der Waals surface area contributed by atoms with Crippen molar-refractivity contribution >= 4 is 23.1 Å². The predicted octanol–water partition coefficient (Wildman–Crippen LogP) is 5.25. The fourth-order valence-electron chi connectivity index (χ4n) is 4.25. The van der Waals surface area contributed by atoms with Gasteiger partial charge in [0.2, 0.25) is 0 Å². The number of amides is 1. The molecule has 0 saturated carbocycles. The number of ether oxygens (including phenoxy) is 1. The zero-order chi connectivity index (χ0) is 23.0. The molecule has 0 bridgehead atoms. The number of Topliss-reactive ketones (excluding diaryl/α,β-unsaturated/α-hetero) is 1. The van der Waals surface area contributed by atoms with Crippen molar-refractivity contribution in [2.45, 2.75) is 26.8 Å². The summed E-state index contributed by atoms with van der Waals surface area (Å²) in [6.45, 7) is 5.73. The average Bonchev–Trinajstić information content (AvgIpc) is 3.04. The van der Waals surface area contributed by atoms with Crippen LogP contribution in [0.5, 0.6) is 5.75 Å². The Hall–Kier alpha value is -3.86. The SMILES string of the molecule is COc1ccc(/C(O)=C2\C(=O)C(=O)N(c3cccc(C)c3)C2c2ccccc2C)cc1C. The first-order valence-electron chi connectivity index (χ1n) is 10.4. The maximum Gasteiger partial charge on any atom is 0.300 e. The molecule has 32 heavy (non-hydrogen) atoms. The minimum atomic E-state index is -0.736. The van der Waals surface area contributed by atoms with Gasteiger partial charge in [-0.25, -0.2) is 0 Å². The number of aryl methyl sites for hydroxylation is 3. The Morgan fingerprint density at radius 1 is 0.906 bits per heavy atom. The number of hydrogen-bond acceptors (Lipinski definition) is 4. The molecule has 1 fully saturated rings. The number of anilines is 1. The van der Waals surface area contributed by atoms with E-state index in [-0.39, 0.29) is 11.3 Å². The van der Waals surface area contributed by atoms with Crippen LogP contribution in [-0.2, 0) is 9.59 Å². The monoisotopic (exact) mass is 427 g/mol. The Kier molecular flexibility index (Phi) is 5.57. The summed E-state index contributed by atoms with van der Waals surface area (Å²) in [6, 6.07) is 19.5. The number of rotatable bonds is 4. The molecule has 1 unspecified atom stereocenters. The molecule has 0 radical (unpaired) electrons. The Balaban J connectivity index is 1.97. The van der Waals surface area contributed by atoms with Crippen molar-refractivity contribution in [3.8, 4) is 5.75 Å². The number of hydrogen-bond donors (Lipinski definition) is 1. The highest BCUT2D eigenvalue weighted by Crippen LogP contribution is 2.43. The van der Waals surface area contributed by atoms with Gasteiger partial charge in [0, 0.05) is 11.3 Å². The molecular formula is C27H25NO4. The largest absolute Gasteiger partial charge is 0.507 e. The standard InChI is InChI=1S/C27H25NO4/c1-16-8-7-10-20(14-16)28-24(21-11-6-5-9-17(21)2)23(26(30)27(28)31)25(29)19-12-13-22(32-4)18(3)15-19/h5-15,24,29H,1-4H3/b25-23+. The summed E-state index contributed by atoms with van der Waals surface area (Å²) < 4.78 is 5.31. The second-order valence-corrected chi connectivity index (χ2v) is 8.05. The molecule has 0 spiro atoms. The van der Waals surface area contributed by atoms with Gasteiger partial charge in [0.05, 0.1) is 18.7 Å². The number of carbonyl (C=O) groups is 2. The molecule has 0 aromatic heterocycles. The van der Waals surface area contributed by atoms with Crippen molar-refractivity contribution in [2.24, 2.45) is 0 Å². The van der Waals surface area contributed by atoms with Crippen LogP contribution in [0.25, 0.3) is 5.76 Å². The molecule has 0 aliphatic carbocycles. The van der Waals surface area contributed by atoms with Gasteiger partial charge in [0.1, 0.15) is 11.5 Å². The molecule has 5 nitrogen and oxygen atoms in total. The molecule has 5 heteroatoms. The molecule has 1 heterocycles. The van der Waals surface area contributed by atoms with Crippen LogP contribution in [0.2, 0.25) is 0 Å². The van der Waals surface area contributed by atoms with Gasteiger partial charge in [0.15, 0.2) is 0 Å². The lowest BCUT2D eigenvalue weighted by molar-refractivity contribution is -0.132. The molecule has 4 rings (SSSR count). The number of aliphatic hydroxyl groups is 1. The topological polar surface area (TPSA) is 66.8 Å². The van der Waals surface area contributed by atoms with E-state index in [1.165, 1.54) is 4.90 Å². The summed E-state index contributed by atoms with van der Waals surface area (Å²) in [5, 5.41) is 11.3. The summed E-state index contributed by atoms with van der Waals surface area (Å²) in [6.07, 6.45) is 0. The van der Waals surface area contributed by atoms with Crippen LogP contribution in [0.3, 0.4) is 0 Å². The third-order valence-electron chi connectivity index (χ3n) is 5.88. The molecule has 1 N–H and O–H groups in total. The van der Waals surface area contributed by atoms with Gasteiger partial charge in [0.25, 0.3) is 11.7 Å². The first-order chi connectivity index (χ1) is 15.3. The van der Waals surface area contributed by atoms with Gasteiger partial charge >= 0.3 is 0 Å². The molecule has 1 aliphatic heterocycles. The number of methoxy groups -OCH3 is 1. The number of benzene rings is 3. The van der Waals surface area contributed by atoms with Crippen molar-refractivity contribution in [1.82, 2.24) is 0 Å². The molecule has 3 aromatic carbocycles. The molecule has 3 aromatic rings. The van der Waals surface area contributed by atoms with Crippen LogP contribution in [0.1, 0.15) is 33.9 Å². The van der Waals surface area contributed by atoms with Crippen LogP contribution in [0.4, 0.5) is 5.69 Å². The van der Waals surface area contributed by atoms with E-state index in [0.717, 1.165) is 22.3 Å². The first kappa shape index (κ1) is 21.4. The quantitative estimate of drug-likeness (QED) is 0.351. The first-order valence-corrected chi connectivity index (χ1v) is 10.4. The third-order valence-corrected chi connectivity index (χ3v) is 5.88. The molecular weight excluding hydrogens is 402 g/mol. The summed E-state index contributed by atoms with van der Waals surface area (Å²) in [7, 11) is 1.58. The lowest BCUT2D eigenvalue weighted by Crippen LogP contribution is -2.29. The van der Waals surface area contributed by atoms with E-state index in [1.807, 2.05) is 63.2 Å². The highest BCUT2D eigenvalue weighted by Gasteiger charge is 2.47. The van der Waals surface area contributed by atoms with E-state index in [4.69, 9.17) is 4.74 Å². The lowest BCUT2D eigenvalue weighted by atomic mass is 9.92. The van der Waals surface area contributed by atoms with E-state index in [9.17, 15) is 14.7 Å². The van der Waals surface area contributed by atoms with Crippen molar-refractivity contribution in [3.05, 3.63) is 100 Å². The van der Waals surface area contributed by atoms with E-state index in [2.05, 4.69) is 0 Å². The van der Waals surface area contributed by atoms with Gasteiger partial charge in [-0.3, -0.25) is 14.5 Å². The number of ketones is 1. The number of aliphatic hydroxyl groups excluding tert-OH is 1. The third kappa shape index (κ3) is 3.56. The Morgan fingerprint density at radius 3 is 2.31 bits per heavy atom. The van der Waals surface area contributed by atoms with E-state index >= 15 is 0 Å². The van der Waals surface area contributed by atoms with Crippen LogP contribution < -0.4 is 9.64 Å². The number of carbonyl (C=O) groups excluding carboxylic acids is 2. The van der Waals surface area contributed by atoms with E-state index < -0.39 is 17.7 Å². The van der Waals surface area contributed by atoms with Gasteiger partial charge in [-0.2, -0.15) is 0 Å². The Labute approximate surface area is 187 Å². The molecule has 162 valence electrons. The van der Waals surface area contributed by atoms with E-state index in [1.54, 1.807) is 31.4 Å². The Bertz CT molecular complexity index is 1260. The average molecular weight is 428 g/mol. The summed E-state index contributed by atoms with van der Waals surface area (Å²) in [5.41, 5.74) is 4.66. The van der Waals surface area contributed by atoms with E-state index in [0.29, 0.717) is 17.0 Å². The maximum absolute atomic E-state index is 13.3. The van der Waals surface area contributed by atoms with Crippen molar-refractivity contribution < 1.29 is 19.4 Å². The fraction of sp³-hybridized carbons (Fsp3) is 0.185. The van der Waals surface area contributed by atoms with Crippen LogP contribution in [0, 0.1) is 20.8 Å². The smallest absolute Gasteiger partial charge is 0.300 e. The molecule has 1 amide bonds. The Morgan fingerprint density at radius 2 is 1.66 bits per heavy atom. The van der Waals surface area contributed by atoms with Crippen molar-refractivity contribution in [1.29, 1.82) is 0 Å². The summed E-state index contributed by atoms with van der Waals surface area (Å²) in [5.74, 6) is -0.879. The second kappa shape index (κ2) is 8.35. The van der Waals surface area contributed by atoms with Gasteiger partial charge in [-0.1, -0.05) is 36.4 Å². The van der Waals surface area contributed by atoms with Gasteiger partial charge in [-0.05, 0) is 73.4 Å². The minimum absolute atomic E-state index is 0.0790. The number of nitrogens with zero attached hydrogens (tertiary/aromatic N) is 1. The van der Waals surface area contributed by atoms with Crippen molar-refractivity contribution in [3.63, 3.8) is 0 Å². The minimum Gasteiger partial charge on any atom is -0.507 e. The normalized spacial score (nSPS) is 17.6.